The molecule has 1 fully saturated rings. The van der Waals surface area contributed by atoms with Crippen molar-refractivity contribution in [3.63, 3.8) is 0 Å². The Bertz CT molecular complexity index is 358. The van der Waals surface area contributed by atoms with Gasteiger partial charge in [0.25, 0.3) is 0 Å². The van der Waals surface area contributed by atoms with Crippen molar-refractivity contribution in [1.82, 2.24) is 15.1 Å². The summed E-state index contributed by atoms with van der Waals surface area (Å²) in [6.07, 6.45) is 2.51. The van der Waals surface area contributed by atoms with E-state index in [1.54, 1.807) is 11.8 Å². The van der Waals surface area contributed by atoms with E-state index in [2.05, 4.69) is 59.7 Å². The lowest BCUT2D eigenvalue weighted by Crippen LogP contribution is -2.48. The topological polar surface area (TPSA) is 18.5 Å². The van der Waals surface area contributed by atoms with Crippen molar-refractivity contribution >= 4 is 11.8 Å². The molecule has 1 aromatic rings. The molecule has 3 nitrogen and oxygen atoms in total. The molecular formula is C14H23N3S. The van der Waals surface area contributed by atoms with Crippen LogP contribution in [0.2, 0.25) is 0 Å². The van der Waals surface area contributed by atoms with Gasteiger partial charge in [0.05, 0.1) is 6.17 Å². The maximum absolute atomic E-state index is 3.41. The second-order valence-corrected chi connectivity index (χ2v) is 5.78. The summed E-state index contributed by atoms with van der Waals surface area (Å²) in [5.74, 6) is 0. The van der Waals surface area contributed by atoms with Gasteiger partial charge in [-0.25, -0.2) is 0 Å². The first-order chi connectivity index (χ1) is 8.72. The van der Waals surface area contributed by atoms with Crippen molar-refractivity contribution in [3.8, 4) is 0 Å². The van der Waals surface area contributed by atoms with Crippen molar-refractivity contribution < 1.29 is 0 Å². The number of hydrogen-bond donors (Lipinski definition) is 1. The maximum Gasteiger partial charge on any atom is 0.0882 e. The fourth-order valence-electron chi connectivity index (χ4n) is 2.54. The van der Waals surface area contributed by atoms with Gasteiger partial charge in [0.1, 0.15) is 0 Å². The zero-order chi connectivity index (χ0) is 13.0. The summed E-state index contributed by atoms with van der Waals surface area (Å²) in [6, 6.07) is 8.97. The van der Waals surface area contributed by atoms with Crippen LogP contribution in [-0.4, -0.2) is 56.3 Å². The van der Waals surface area contributed by atoms with Crippen LogP contribution >= 0.6 is 11.8 Å². The smallest absolute Gasteiger partial charge is 0.0882 e. The second kappa shape index (κ2) is 6.57. The molecule has 0 aliphatic carbocycles. The standard InChI is InChI=1S/C14H23N3S/c1-16(2)14(17-10-8-15-9-11-17)12-4-6-13(18-3)7-5-12/h4-7,14-15H,8-11H2,1-3H3. The van der Waals surface area contributed by atoms with Gasteiger partial charge in [-0.05, 0) is 38.0 Å². The van der Waals surface area contributed by atoms with Gasteiger partial charge < -0.3 is 5.32 Å². The van der Waals surface area contributed by atoms with Crippen LogP contribution in [0, 0.1) is 0 Å². The Hall–Kier alpha value is -0.550. The van der Waals surface area contributed by atoms with Crippen LogP contribution in [0.5, 0.6) is 0 Å². The number of nitrogens with one attached hydrogen (secondary N) is 1. The number of thioether (sulfide) groups is 1. The highest BCUT2D eigenvalue weighted by atomic mass is 32.2. The molecule has 0 radical (unpaired) electrons. The highest BCUT2D eigenvalue weighted by Gasteiger charge is 2.23. The highest BCUT2D eigenvalue weighted by Crippen LogP contribution is 2.25. The van der Waals surface area contributed by atoms with Crippen molar-refractivity contribution in [1.29, 1.82) is 0 Å². The lowest BCUT2D eigenvalue weighted by Gasteiger charge is -2.38. The van der Waals surface area contributed by atoms with Crippen LogP contribution in [0.4, 0.5) is 0 Å². The zero-order valence-corrected chi connectivity index (χ0v) is 12.3. The average Bonchev–Trinajstić information content (AvgIpc) is 2.40. The minimum Gasteiger partial charge on any atom is -0.314 e. The second-order valence-electron chi connectivity index (χ2n) is 4.90. The van der Waals surface area contributed by atoms with Crippen molar-refractivity contribution in [2.24, 2.45) is 0 Å². The third kappa shape index (κ3) is 3.26. The summed E-state index contributed by atoms with van der Waals surface area (Å²) in [5, 5.41) is 3.41. The van der Waals surface area contributed by atoms with Crippen LogP contribution in [0.25, 0.3) is 0 Å². The lowest BCUT2D eigenvalue weighted by molar-refractivity contribution is 0.0672. The number of benzene rings is 1. The van der Waals surface area contributed by atoms with E-state index < -0.39 is 0 Å². The molecule has 1 aliphatic rings. The first kappa shape index (κ1) is 13.9. The normalized spacial score (nSPS) is 19.1. The third-order valence-corrected chi connectivity index (χ3v) is 4.14. The van der Waals surface area contributed by atoms with E-state index in [1.807, 2.05) is 0 Å². The molecule has 0 bridgehead atoms. The fraction of sp³-hybridized carbons (Fsp3) is 0.571. The minimum atomic E-state index is 0.392. The maximum atomic E-state index is 3.41. The summed E-state index contributed by atoms with van der Waals surface area (Å²) in [5.41, 5.74) is 1.39. The van der Waals surface area contributed by atoms with E-state index in [4.69, 9.17) is 0 Å². The third-order valence-electron chi connectivity index (χ3n) is 3.40. The van der Waals surface area contributed by atoms with Crippen LogP contribution in [-0.2, 0) is 0 Å². The largest absolute Gasteiger partial charge is 0.314 e. The molecule has 1 aliphatic heterocycles. The Labute approximate surface area is 115 Å². The first-order valence-corrected chi connectivity index (χ1v) is 7.70. The molecule has 1 aromatic carbocycles. The predicted octanol–water partition coefficient (Wildman–Crippen LogP) is 1.87. The molecule has 0 amide bonds. The number of rotatable bonds is 4. The molecule has 2 rings (SSSR count). The highest BCUT2D eigenvalue weighted by molar-refractivity contribution is 7.98. The van der Waals surface area contributed by atoms with E-state index in [-0.39, 0.29) is 0 Å². The monoisotopic (exact) mass is 265 g/mol. The molecule has 4 heteroatoms. The molecule has 1 heterocycles. The minimum absolute atomic E-state index is 0.392. The quantitative estimate of drug-likeness (QED) is 0.838. The zero-order valence-electron chi connectivity index (χ0n) is 11.5. The molecule has 1 N–H and O–H groups in total. The molecule has 18 heavy (non-hydrogen) atoms. The number of hydrogen-bond acceptors (Lipinski definition) is 4. The van der Waals surface area contributed by atoms with E-state index >= 15 is 0 Å². The van der Waals surface area contributed by atoms with E-state index in [9.17, 15) is 0 Å². The summed E-state index contributed by atoms with van der Waals surface area (Å²) < 4.78 is 0. The van der Waals surface area contributed by atoms with Gasteiger partial charge in [-0.2, -0.15) is 0 Å². The van der Waals surface area contributed by atoms with Crippen LogP contribution < -0.4 is 5.32 Å². The van der Waals surface area contributed by atoms with E-state index in [0.29, 0.717) is 6.17 Å². The Morgan fingerprint density at radius 1 is 1.17 bits per heavy atom. The molecule has 1 saturated heterocycles. The van der Waals surface area contributed by atoms with Crippen LogP contribution in [0.15, 0.2) is 29.2 Å². The molecule has 0 aromatic heterocycles. The molecule has 0 saturated carbocycles. The molecule has 1 atom stereocenters. The first-order valence-electron chi connectivity index (χ1n) is 6.47. The van der Waals surface area contributed by atoms with Crippen molar-refractivity contribution in [3.05, 3.63) is 29.8 Å². The summed E-state index contributed by atoms with van der Waals surface area (Å²) >= 11 is 1.80. The van der Waals surface area contributed by atoms with Gasteiger partial charge in [-0.15, -0.1) is 11.8 Å². The number of nitrogens with zero attached hydrogens (tertiary/aromatic N) is 2. The van der Waals surface area contributed by atoms with Gasteiger partial charge in [0, 0.05) is 31.1 Å². The van der Waals surface area contributed by atoms with Gasteiger partial charge in [0.15, 0.2) is 0 Å². The summed E-state index contributed by atoms with van der Waals surface area (Å²) in [7, 11) is 4.32. The van der Waals surface area contributed by atoms with Crippen LogP contribution in [0.3, 0.4) is 0 Å². The Kier molecular flexibility index (Phi) is 5.06. The Balaban J connectivity index is 2.17. The van der Waals surface area contributed by atoms with Gasteiger partial charge in [-0.1, -0.05) is 12.1 Å². The lowest BCUT2D eigenvalue weighted by atomic mass is 10.1. The fourth-order valence-corrected chi connectivity index (χ4v) is 2.95. The SMILES string of the molecule is CSc1ccc(C(N(C)C)N2CCNCC2)cc1. The Morgan fingerprint density at radius 2 is 1.78 bits per heavy atom. The number of piperazine rings is 1. The molecular weight excluding hydrogens is 242 g/mol. The Morgan fingerprint density at radius 3 is 2.28 bits per heavy atom. The average molecular weight is 265 g/mol. The summed E-state index contributed by atoms with van der Waals surface area (Å²) in [4.78, 5) is 6.18. The predicted molar refractivity (Wildman–Crippen MR) is 79.1 cm³/mol. The van der Waals surface area contributed by atoms with Crippen molar-refractivity contribution in [2.75, 3.05) is 46.5 Å². The van der Waals surface area contributed by atoms with E-state index in [0.717, 1.165) is 26.2 Å². The van der Waals surface area contributed by atoms with Gasteiger partial charge in [-0.3, -0.25) is 9.80 Å². The van der Waals surface area contributed by atoms with Crippen LogP contribution in [0.1, 0.15) is 11.7 Å². The van der Waals surface area contributed by atoms with Gasteiger partial charge in [0.2, 0.25) is 0 Å². The summed E-state index contributed by atoms with van der Waals surface area (Å²) in [6.45, 7) is 4.42. The molecule has 1 unspecified atom stereocenters. The van der Waals surface area contributed by atoms with E-state index in [1.165, 1.54) is 10.5 Å². The van der Waals surface area contributed by atoms with Crippen molar-refractivity contribution in [2.45, 2.75) is 11.1 Å². The van der Waals surface area contributed by atoms with Gasteiger partial charge >= 0.3 is 0 Å². The molecule has 0 spiro atoms. The molecule has 100 valence electrons.